The number of alkyl halides is 1. The fourth-order valence-corrected chi connectivity index (χ4v) is 4.19. The number of rotatable bonds is 1. The number of halogens is 2. The number of hydrogen-bond donors (Lipinski definition) is 0. The Labute approximate surface area is 131 Å². The molecule has 1 aliphatic carbocycles. The molecule has 21 heavy (non-hydrogen) atoms. The Bertz CT molecular complexity index is 872. The van der Waals surface area contributed by atoms with E-state index in [9.17, 15) is 13.2 Å². The first-order valence-corrected chi connectivity index (χ1v) is 8.92. The van der Waals surface area contributed by atoms with Crippen LogP contribution in [0.4, 0.5) is 0 Å². The highest BCUT2D eigenvalue weighted by atomic mass is 35.7. The summed E-state index contributed by atoms with van der Waals surface area (Å²) in [7, 11) is 1.55. The molecule has 0 radical (unpaired) electrons. The van der Waals surface area contributed by atoms with Gasteiger partial charge in [0.1, 0.15) is 0 Å². The van der Waals surface area contributed by atoms with E-state index in [2.05, 4.69) is 0 Å². The van der Waals surface area contributed by atoms with Crippen molar-refractivity contribution >= 4 is 37.1 Å². The van der Waals surface area contributed by atoms with Gasteiger partial charge in [0.05, 0.1) is 10.3 Å². The molecule has 0 amide bonds. The van der Waals surface area contributed by atoms with Crippen molar-refractivity contribution in [3.63, 3.8) is 0 Å². The van der Waals surface area contributed by atoms with E-state index in [1.165, 1.54) is 12.1 Å². The minimum Gasteiger partial charge on any atom is -0.289 e. The molecule has 0 aliphatic heterocycles. The minimum atomic E-state index is -3.88. The van der Waals surface area contributed by atoms with Crippen molar-refractivity contribution in [2.75, 3.05) is 0 Å². The van der Waals surface area contributed by atoms with Gasteiger partial charge < -0.3 is 0 Å². The molecule has 0 saturated carbocycles. The molecule has 0 heterocycles. The predicted octanol–water partition coefficient (Wildman–Crippen LogP) is 3.80. The van der Waals surface area contributed by atoms with Crippen LogP contribution < -0.4 is 0 Å². The molecule has 2 aromatic carbocycles. The molecule has 3 nitrogen and oxygen atoms in total. The molecule has 3 rings (SSSR count). The van der Waals surface area contributed by atoms with E-state index < -0.39 is 14.4 Å². The number of carbonyl (C=O) groups excluding carboxylic acids is 1. The standard InChI is InChI=1S/C15H10Cl2O3S/c1-8-6-12-11(7-13(8)21(17,19)20)14(16)9-4-2-3-5-10(9)15(12)18/h2-7,14H,1H3. The van der Waals surface area contributed by atoms with Gasteiger partial charge in [-0.3, -0.25) is 4.79 Å². The largest absolute Gasteiger partial charge is 0.289 e. The van der Waals surface area contributed by atoms with E-state index in [0.29, 0.717) is 27.8 Å². The zero-order valence-electron chi connectivity index (χ0n) is 10.9. The highest BCUT2D eigenvalue weighted by Crippen LogP contribution is 2.41. The van der Waals surface area contributed by atoms with Gasteiger partial charge in [0.2, 0.25) is 0 Å². The maximum atomic E-state index is 12.5. The second-order valence-electron chi connectivity index (χ2n) is 4.92. The summed E-state index contributed by atoms with van der Waals surface area (Å²) in [5.74, 6) is -0.154. The Morgan fingerprint density at radius 2 is 1.71 bits per heavy atom. The molecule has 6 heteroatoms. The summed E-state index contributed by atoms with van der Waals surface area (Å²) in [6.45, 7) is 1.60. The van der Waals surface area contributed by atoms with Gasteiger partial charge in [-0.25, -0.2) is 8.42 Å². The lowest BCUT2D eigenvalue weighted by atomic mass is 9.84. The average molecular weight is 341 g/mol. The maximum Gasteiger partial charge on any atom is 0.261 e. The second-order valence-corrected chi connectivity index (χ2v) is 7.89. The second kappa shape index (κ2) is 4.83. The summed E-state index contributed by atoms with van der Waals surface area (Å²) in [6, 6.07) is 9.99. The van der Waals surface area contributed by atoms with Gasteiger partial charge in [-0.05, 0) is 35.7 Å². The minimum absolute atomic E-state index is 0.0132. The van der Waals surface area contributed by atoms with Crippen LogP contribution in [0.2, 0.25) is 0 Å². The molecule has 0 spiro atoms. The molecule has 0 N–H and O–H groups in total. The van der Waals surface area contributed by atoms with Crippen LogP contribution in [0.15, 0.2) is 41.3 Å². The lowest BCUT2D eigenvalue weighted by molar-refractivity contribution is 0.103. The molecule has 0 saturated heterocycles. The van der Waals surface area contributed by atoms with Crippen molar-refractivity contribution in [1.82, 2.24) is 0 Å². The summed E-state index contributed by atoms with van der Waals surface area (Å²) < 4.78 is 23.2. The molecule has 1 unspecified atom stereocenters. The molecule has 1 aliphatic rings. The predicted molar refractivity (Wildman–Crippen MR) is 81.8 cm³/mol. The molecular formula is C15H10Cl2O3S. The molecule has 2 aromatic rings. The summed E-state index contributed by atoms with van der Waals surface area (Å²) in [4.78, 5) is 12.5. The maximum absolute atomic E-state index is 12.5. The van der Waals surface area contributed by atoms with Crippen molar-refractivity contribution < 1.29 is 13.2 Å². The van der Waals surface area contributed by atoms with E-state index in [0.717, 1.165) is 0 Å². The van der Waals surface area contributed by atoms with Gasteiger partial charge in [0.25, 0.3) is 9.05 Å². The zero-order chi connectivity index (χ0) is 15.4. The van der Waals surface area contributed by atoms with Crippen LogP contribution in [-0.4, -0.2) is 14.2 Å². The fourth-order valence-electron chi connectivity index (χ4n) is 2.61. The molecule has 108 valence electrons. The van der Waals surface area contributed by atoms with E-state index in [1.54, 1.807) is 31.2 Å². The normalized spacial score (nSPS) is 17.3. The Morgan fingerprint density at radius 3 is 2.38 bits per heavy atom. The van der Waals surface area contributed by atoms with Gasteiger partial charge in [0, 0.05) is 21.8 Å². The Morgan fingerprint density at radius 1 is 1.05 bits per heavy atom. The first-order valence-electron chi connectivity index (χ1n) is 6.17. The van der Waals surface area contributed by atoms with Crippen LogP contribution in [0.25, 0.3) is 0 Å². The molecule has 1 atom stereocenters. The molecule has 0 fully saturated rings. The van der Waals surface area contributed by atoms with E-state index in [4.69, 9.17) is 22.3 Å². The van der Waals surface area contributed by atoms with Gasteiger partial charge in [-0.2, -0.15) is 0 Å². The van der Waals surface area contributed by atoms with Crippen molar-refractivity contribution in [3.05, 3.63) is 64.2 Å². The van der Waals surface area contributed by atoms with Gasteiger partial charge in [-0.15, -0.1) is 11.6 Å². The average Bonchev–Trinajstić information content (AvgIpc) is 2.43. The highest BCUT2D eigenvalue weighted by Gasteiger charge is 2.31. The topological polar surface area (TPSA) is 51.2 Å². The van der Waals surface area contributed by atoms with Crippen LogP contribution in [0, 0.1) is 6.92 Å². The summed E-state index contributed by atoms with van der Waals surface area (Å²) in [6.07, 6.45) is 0. The highest BCUT2D eigenvalue weighted by molar-refractivity contribution is 8.13. The van der Waals surface area contributed by atoms with Crippen LogP contribution in [0.3, 0.4) is 0 Å². The van der Waals surface area contributed by atoms with Crippen molar-refractivity contribution in [3.8, 4) is 0 Å². The van der Waals surface area contributed by atoms with Crippen LogP contribution in [0.5, 0.6) is 0 Å². The Balaban J connectivity index is 2.31. The third-order valence-electron chi connectivity index (χ3n) is 3.61. The Hall–Kier alpha value is -1.36. The summed E-state index contributed by atoms with van der Waals surface area (Å²) >= 11 is 6.43. The van der Waals surface area contributed by atoms with E-state index >= 15 is 0 Å². The molecule has 0 aromatic heterocycles. The van der Waals surface area contributed by atoms with Crippen LogP contribution in [0.1, 0.15) is 38.0 Å². The fraction of sp³-hybridized carbons (Fsp3) is 0.133. The monoisotopic (exact) mass is 340 g/mol. The number of hydrogen-bond acceptors (Lipinski definition) is 3. The summed E-state index contributed by atoms with van der Waals surface area (Å²) in [5, 5.41) is -0.577. The zero-order valence-corrected chi connectivity index (χ0v) is 13.3. The first kappa shape index (κ1) is 14.6. The van der Waals surface area contributed by atoms with Crippen molar-refractivity contribution in [1.29, 1.82) is 0 Å². The van der Waals surface area contributed by atoms with Gasteiger partial charge >= 0.3 is 0 Å². The first-order chi connectivity index (χ1) is 9.80. The van der Waals surface area contributed by atoms with E-state index in [1.807, 2.05) is 0 Å². The van der Waals surface area contributed by atoms with Crippen LogP contribution in [-0.2, 0) is 9.05 Å². The van der Waals surface area contributed by atoms with Gasteiger partial charge in [0.15, 0.2) is 5.78 Å². The smallest absolute Gasteiger partial charge is 0.261 e. The summed E-state index contributed by atoms with van der Waals surface area (Å²) in [5.41, 5.74) is 2.56. The third-order valence-corrected chi connectivity index (χ3v) is 5.54. The number of carbonyl (C=O) groups is 1. The number of benzene rings is 2. The van der Waals surface area contributed by atoms with E-state index in [-0.39, 0.29) is 10.7 Å². The van der Waals surface area contributed by atoms with Crippen molar-refractivity contribution in [2.45, 2.75) is 17.2 Å². The quantitative estimate of drug-likeness (QED) is 0.586. The third kappa shape index (κ3) is 2.27. The molecular weight excluding hydrogens is 331 g/mol. The molecule has 0 bridgehead atoms. The Kier molecular flexibility index (Phi) is 3.35. The van der Waals surface area contributed by atoms with Crippen molar-refractivity contribution in [2.24, 2.45) is 0 Å². The lowest BCUT2D eigenvalue weighted by Crippen LogP contribution is -2.18. The SMILES string of the molecule is Cc1cc2c(cc1S(=O)(=O)Cl)C(Cl)c1ccccc1C2=O. The lowest BCUT2D eigenvalue weighted by Gasteiger charge is -2.24. The number of ketones is 1. The number of aryl methyl sites for hydroxylation is 1. The van der Waals surface area contributed by atoms with Gasteiger partial charge in [-0.1, -0.05) is 24.3 Å². The number of fused-ring (bicyclic) bond motifs is 2. The van der Waals surface area contributed by atoms with Crippen LogP contribution >= 0.6 is 22.3 Å².